The standard InChI is InChI=1S/C20H14ClN3O3S/c1-11-5-7-12(8-6-11)17(25)15-16(13-3-2-4-14(21)9-13)24(19(27)18(15)26)20-23-22-10-28-20/h2-10,16,25H,1H3. The molecule has 0 spiro atoms. The van der Waals surface area contributed by atoms with E-state index in [1.807, 2.05) is 19.1 Å². The van der Waals surface area contributed by atoms with Gasteiger partial charge in [0.2, 0.25) is 5.13 Å². The fourth-order valence-corrected chi connectivity index (χ4v) is 3.94. The highest BCUT2D eigenvalue weighted by molar-refractivity contribution is 7.13. The van der Waals surface area contributed by atoms with Crippen LogP contribution in [0.15, 0.2) is 59.6 Å². The predicted octanol–water partition coefficient (Wildman–Crippen LogP) is 4.13. The van der Waals surface area contributed by atoms with E-state index in [-0.39, 0.29) is 16.5 Å². The number of anilines is 1. The molecule has 1 amide bonds. The van der Waals surface area contributed by atoms with Gasteiger partial charge >= 0.3 is 5.91 Å². The number of aliphatic hydroxyl groups is 1. The van der Waals surface area contributed by atoms with Gasteiger partial charge in [-0.2, -0.15) is 0 Å². The van der Waals surface area contributed by atoms with Crippen molar-refractivity contribution in [3.05, 3.63) is 81.3 Å². The molecule has 1 N–H and O–H groups in total. The predicted molar refractivity (Wildman–Crippen MR) is 107 cm³/mol. The lowest BCUT2D eigenvalue weighted by Crippen LogP contribution is -2.29. The molecule has 0 saturated carbocycles. The third-order valence-electron chi connectivity index (χ3n) is 4.49. The molecule has 2 heterocycles. The van der Waals surface area contributed by atoms with E-state index in [1.165, 1.54) is 10.4 Å². The van der Waals surface area contributed by atoms with Crippen molar-refractivity contribution in [2.24, 2.45) is 0 Å². The van der Waals surface area contributed by atoms with Crippen LogP contribution in [0.3, 0.4) is 0 Å². The van der Waals surface area contributed by atoms with Crippen molar-refractivity contribution in [1.29, 1.82) is 0 Å². The van der Waals surface area contributed by atoms with Gasteiger partial charge in [-0.3, -0.25) is 14.5 Å². The fraction of sp³-hybridized carbons (Fsp3) is 0.100. The third-order valence-corrected chi connectivity index (χ3v) is 5.41. The fourth-order valence-electron chi connectivity index (χ4n) is 3.16. The van der Waals surface area contributed by atoms with Gasteiger partial charge in [0.1, 0.15) is 11.3 Å². The van der Waals surface area contributed by atoms with Crippen LogP contribution < -0.4 is 4.90 Å². The van der Waals surface area contributed by atoms with Crippen molar-refractivity contribution >= 4 is 45.5 Å². The lowest BCUT2D eigenvalue weighted by atomic mass is 9.95. The van der Waals surface area contributed by atoms with Crippen LogP contribution in [0.1, 0.15) is 22.7 Å². The Morgan fingerprint density at radius 2 is 1.93 bits per heavy atom. The van der Waals surface area contributed by atoms with Crippen LogP contribution in [-0.2, 0) is 9.59 Å². The molecule has 3 aromatic rings. The zero-order valence-corrected chi connectivity index (χ0v) is 16.2. The normalized spacial score (nSPS) is 18.6. The number of hydrogen-bond donors (Lipinski definition) is 1. The molecule has 1 aliphatic rings. The van der Waals surface area contributed by atoms with Crippen LogP contribution in [0.5, 0.6) is 0 Å². The molecule has 1 atom stereocenters. The van der Waals surface area contributed by atoms with Gasteiger partial charge in [-0.05, 0) is 24.6 Å². The average molecular weight is 412 g/mol. The molecule has 4 rings (SSSR count). The van der Waals surface area contributed by atoms with E-state index in [9.17, 15) is 14.7 Å². The number of hydrogen-bond acceptors (Lipinski definition) is 6. The minimum Gasteiger partial charge on any atom is -0.507 e. The maximum Gasteiger partial charge on any atom is 0.301 e. The van der Waals surface area contributed by atoms with Crippen molar-refractivity contribution in [2.75, 3.05) is 4.90 Å². The lowest BCUT2D eigenvalue weighted by molar-refractivity contribution is -0.132. The topological polar surface area (TPSA) is 83.4 Å². The number of carbonyl (C=O) groups excluding carboxylic acids is 2. The van der Waals surface area contributed by atoms with Crippen molar-refractivity contribution < 1.29 is 14.7 Å². The Morgan fingerprint density at radius 1 is 1.18 bits per heavy atom. The second kappa shape index (κ2) is 7.18. The number of ketones is 1. The molecule has 0 bridgehead atoms. The van der Waals surface area contributed by atoms with Gasteiger partial charge in [-0.15, -0.1) is 10.2 Å². The Hall–Kier alpha value is -3.03. The van der Waals surface area contributed by atoms with E-state index in [2.05, 4.69) is 10.2 Å². The first kappa shape index (κ1) is 18.3. The minimum absolute atomic E-state index is 0.00804. The summed E-state index contributed by atoms with van der Waals surface area (Å²) in [5, 5.41) is 19.4. The highest BCUT2D eigenvalue weighted by atomic mass is 35.5. The second-order valence-electron chi connectivity index (χ2n) is 6.31. The van der Waals surface area contributed by atoms with Gasteiger partial charge in [-0.1, -0.05) is 64.9 Å². The number of halogens is 1. The second-order valence-corrected chi connectivity index (χ2v) is 7.56. The number of aliphatic hydroxyl groups excluding tert-OH is 1. The third kappa shape index (κ3) is 3.08. The van der Waals surface area contributed by atoms with Gasteiger partial charge in [0.15, 0.2) is 0 Å². The van der Waals surface area contributed by atoms with E-state index < -0.39 is 17.7 Å². The quantitative estimate of drug-likeness (QED) is 0.398. The summed E-state index contributed by atoms with van der Waals surface area (Å²) in [6.45, 7) is 1.92. The maximum atomic E-state index is 12.9. The summed E-state index contributed by atoms with van der Waals surface area (Å²) in [7, 11) is 0. The van der Waals surface area contributed by atoms with Crippen molar-refractivity contribution in [1.82, 2.24) is 10.2 Å². The number of Topliss-reactive ketones (excluding diaryl/α,β-unsaturated/α-hetero) is 1. The first-order valence-electron chi connectivity index (χ1n) is 8.37. The van der Waals surface area contributed by atoms with Gasteiger partial charge in [0.25, 0.3) is 5.78 Å². The first-order chi connectivity index (χ1) is 13.5. The monoisotopic (exact) mass is 411 g/mol. The molecule has 2 aromatic carbocycles. The molecule has 1 fully saturated rings. The Balaban J connectivity index is 1.95. The summed E-state index contributed by atoms with van der Waals surface area (Å²) in [5.41, 5.74) is 3.52. The molecular weight excluding hydrogens is 398 g/mol. The first-order valence-corrected chi connectivity index (χ1v) is 9.63. The van der Waals surface area contributed by atoms with Crippen LogP contribution in [0.4, 0.5) is 5.13 Å². The van der Waals surface area contributed by atoms with Gasteiger partial charge in [0.05, 0.1) is 11.6 Å². The van der Waals surface area contributed by atoms with Crippen molar-refractivity contribution in [3.8, 4) is 0 Å². The highest BCUT2D eigenvalue weighted by Crippen LogP contribution is 2.42. The number of rotatable bonds is 3. The number of aromatic nitrogens is 2. The SMILES string of the molecule is Cc1ccc(C(O)=C2C(=O)C(=O)N(c3nncs3)C2c2cccc(Cl)c2)cc1. The van der Waals surface area contributed by atoms with Crippen LogP contribution in [0.25, 0.3) is 5.76 Å². The average Bonchev–Trinajstić information content (AvgIpc) is 3.29. The Labute approximate surface area is 169 Å². The summed E-state index contributed by atoms with van der Waals surface area (Å²) >= 11 is 7.27. The van der Waals surface area contributed by atoms with Gasteiger partial charge in [-0.25, -0.2) is 0 Å². The van der Waals surface area contributed by atoms with E-state index in [0.717, 1.165) is 16.9 Å². The van der Waals surface area contributed by atoms with Crippen molar-refractivity contribution in [2.45, 2.75) is 13.0 Å². The smallest absolute Gasteiger partial charge is 0.301 e. The van der Waals surface area contributed by atoms with E-state index >= 15 is 0 Å². The number of carbonyl (C=O) groups is 2. The zero-order valence-electron chi connectivity index (χ0n) is 14.7. The molecule has 8 heteroatoms. The number of amides is 1. The highest BCUT2D eigenvalue weighted by Gasteiger charge is 2.48. The largest absolute Gasteiger partial charge is 0.507 e. The summed E-state index contributed by atoms with van der Waals surface area (Å²) in [5.74, 6) is -1.79. The van der Waals surface area contributed by atoms with Crippen LogP contribution >= 0.6 is 22.9 Å². The summed E-state index contributed by atoms with van der Waals surface area (Å²) in [6, 6.07) is 13.0. The number of aryl methyl sites for hydroxylation is 1. The molecule has 140 valence electrons. The Bertz CT molecular complexity index is 1090. The van der Waals surface area contributed by atoms with E-state index in [1.54, 1.807) is 36.4 Å². The molecule has 0 aliphatic carbocycles. The molecule has 1 saturated heterocycles. The van der Waals surface area contributed by atoms with Crippen LogP contribution in [0.2, 0.25) is 5.02 Å². The van der Waals surface area contributed by atoms with Gasteiger partial charge < -0.3 is 5.11 Å². The molecule has 1 aliphatic heterocycles. The maximum absolute atomic E-state index is 12.9. The lowest BCUT2D eigenvalue weighted by Gasteiger charge is -2.22. The Morgan fingerprint density at radius 3 is 2.57 bits per heavy atom. The van der Waals surface area contributed by atoms with Crippen LogP contribution in [0, 0.1) is 6.92 Å². The summed E-state index contributed by atoms with van der Waals surface area (Å²) < 4.78 is 0. The molecule has 1 unspecified atom stereocenters. The van der Waals surface area contributed by atoms with E-state index in [0.29, 0.717) is 16.1 Å². The van der Waals surface area contributed by atoms with E-state index in [4.69, 9.17) is 11.6 Å². The molecule has 1 aromatic heterocycles. The van der Waals surface area contributed by atoms with Crippen molar-refractivity contribution in [3.63, 3.8) is 0 Å². The molecule has 28 heavy (non-hydrogen) atoms. The summed E-state index contributed by atoms with van der Waals surface area (Å²) in [4.78, 5) is 26.9. The summed E-state index contributed by atoms with van der Waals surface area (Å²) in [6.07, 6.45) is 0. The Kier molecular flexibility index (Phi) is 4.70. The minimum atomic E-state index is -0.854. The molecule has 0 radical (unpaired) electrons. The molecular formula is C20H14ClN3O3S. The zero-order chi connectivity index (χ0) is 19.8. The number of nitrogens with zero attached hydrogens (tertiary/aromatic N) is 3. The van der Waals surface area contributed by atoms with Crippen LogP contribution in [-0.4, -0.2) is 27.0 Å². The van der Waals surface area contributed by atoms with Gasteiger partial charge in [0, 0.05) is 10.6 Å². The molecule has 6 nitrogen and oxygen atoms in total. The number of benzene rings is 2.